The number of nitrogens with two attached hydrogens (primary N) is 2. The second-order valence-corrected chi connectivity index (χ2v) is 6.65. The number of aliphatic hydroxyl groups excluding tert-OH is 1. The van der Waals surface area contributed by atoms with E-state index in [0.717, 1.165) is 18.5 Å². The number of sulfonamides is 1. The van der Waals surface area contributed by atoms with E-state index in [4.69, 9.17) is 10.9 Å². The number of anilines is 2. The van der Waals surface area contributed by atoms with Crippen LogP contribution < -0.4 is 15.8 Å². The Morgan fingerprint density at radius 3 is 2.45 bits per heavy atom. The molecule has 2 rings (SSSR count). The number of primary sulfonamides is 1. The lowest BCUT2D eigenvalue weighted by Gasteiger charge is -2.31. The SMILES string of the molecule is Nc1cc(N(CCO)C2CCCC2)ccc1S(N)(=O)=O. The predicted molar refractivity (Wildman–Crippen MR) is 78.9 cm³/mol. The van der Waals surface area contributed by atoms with Gasteiger partial charge in [-0.3, -0.25) is 0 Å². The first-order valence-electron chi connectivity index (χ1n) is 6.73. The summed E-state index contributed by atoms with van der Waals surface area (Å²) in [5.74, 6) is 0. The minimum absolute atomic E-state index is 0.0490. The molecule has 0 atom stereocenters. The second-order valence-electron chi connectivity index (χ2n) is 5.12. The molecule has 0 heterocycles. The van der Waals surface area contributed by atoms with E-state index in [1.807, 2.05) is 0 Å². The van der Waals surface area contributed by atoms with Crippen molar-refractivity contribution in [2.75, 3.05) is 23.8 Å². The molecule has 0 spiro atoms. The third-order valence-corrected chi connectivity index (χ3v) is 4.72. The molecule has 1 aromatic carbocycles. The van der Waals surface area contributed by atoms with Crippen LogP contribution in [-0.4, -0.2) is 32.7 Å². The monoisotopic (exact) mass is 299 g/mol. The van der Waals surface area contributed by atoms with Crippen molar-refractivity contribution in [1.82, 2.24) is 0 Å². The zero-order valence-electron chi connectivity index (χ0n) is 11.3. The van der Waals surface area contributed by atoms with E-state index in [-0.39, 0.29) is 17.2 Å². The van der Waals surface area contributed by atoms with E-state index in [1.54, 1.807) is 12.1 Å². The van der Waals surface area contributed by atoms with E-state index in [1.165, 1.54) is 18.9 Å². The van der Waals surface area contributed by atoms with Crippen LogP contribution in [0.4, 0.5) is 11.4 Å². The molecule has 0 amide bonds. The van der Waals surface area contributed by atoms with Gasteiger partial charge in [0.1, 0.15) is 4.90 Å². The Bertz CT molecular complexity index is 568. The van der Waals surface area contributed by atoms with E-state index in [9.17, 15) is 13.5 Å². The fourth-order valence-corrected chi connectivity index (χ4v) is 3.46. The Morgan fingerprint density at radius 1 is 1.30 bits per heavy atom. The van der Waals surface area contributed by atoms with E-state index < -0.39 is 10.0 Å². The molecule has 5 N–H and O–H groups in total. The molecule has 1 aliphatic carbocycles. The molecule has 7 heteroatoms. The van der Waals surface area contributed by atoms with Crippen molar-refractivity contribution < 1.29 is 13.5 Å². The molecule has 112 valence electrons. The van der Waals surface area contributed by atoms with E-state index in [2.05, 4.69) is 4.90 Å². The zero-order valence-corrected chi connectivity index (χ0v) is 12.1. The molecule has 1 aromatic rings. The maximum Gasteiger partial charge on any atom is 0.240 e. The fourth-order valence-electron chi connectivity index (χ4n) is 2.82. The quantitative estimate of drug-likeness (QED) is 0.692. The molecule has 1 aliphatic rings. The molecule has 6 nitrogen and oxygen atoms in total. The van der Waals surface area contributed by atoms with Crippen molar-refractivity contribution in [3.05, 3.63) is 18.2 Å². The lowest BCUT2D eigenvalue weighted by molar-refractivity contribution is 0.297. The summed E-state index contributed by atoms with van der Waals surface area (Å²) in [4.78, 5) is 2.03. The van der Waals surface area contributed by atoms with Gasteiger partial charge in [-0.05, 0) is 31.0 Å². The number of rotatable bonds is 5. The molecule has 0 bridgehead atoms. The van der Waals surface area contributed by atoms with E-state index in [0.29, 0.717) is 12.6 Å². The highest BCUT2D eigenvalue weighted by Gasteiger charge is 2.23. The first-order chi connectivity index (χ1) is 9.43. The summed E-state index contributed by atoms with van der Waals surface area (Å²) in [5.41, 5.74) is 6.77. The Balaban J connectivity index is 2.32. The summed E-state index contributed by atoms with van der Waals surface area (Å²) in [7, 11) is -3.80. The maximum absolute atomic E-state index is 11.4. The van der Waals surface area contributed by atoms with Gasteiger partial charge in [-0.1, -0.05) is 12.8 Å². The third kappa shape index (κ3) is 3.23. The topological polar surface area (TPSA) is 110 Å². The van der Waals surface area contributed by atoms with Crippen LogP contribution in [0.1, 0.15) is 25.7 Å². The molecule has 0 unspecified atom stereocenters. The van der Waals surface area contributed by atoms with Gasteiger partial charge >= 0.3 is 0 Å². The molecule has 0 aromatic heterocycles. The Morgan fingerprint density at radius 2 is 1.95 bits per heavy atom. The Hall–Kier alpha value is -1.31. The Kier molecular flexibility index (Phi) is 4.52. The number of nitrogen functional groups attached to an aromatic ring is 1. The van der Waals surface area contributed by atoms with Crippen molar-refractivity contribution in [3.63, 3.8) is 0 Å². The summed E-state index contributed by atoms with van der Waals surface area (Å²) in [6, 6.07) is 5.12. The van der Waals surface area contributed by atoms with Gasteiger partial charge in [-0.15, -0.1) is 0 Å². The predicted octanol–water partition coefficient (Wildman–Crippen LogP) is 0.657. The second kappa shape index (κ2) is 5.99. The van der Waals surface area contributed by atoms with E-state index >= 15 is 0 Å². The minimum atomic E-state index is -3.80. The minimum Gasteiger partial charge on any atom is -0.398 e. The average molecular weight is 299 g/mol. The molecule has 0 aliphatic heterocycles. The van der Waals surface area contributed by atoms with Gasteiger partial charge in [0.05, 0.1) is 12.3 Å². The first-order valence-corrected chi connectivity index (χ1v) is 8.28. The molecule has 1 fully saturated rings. The average Bonchev–Trinajstić information content (AvgIpc) is 2.87. The van der Waals surface area contributed by atoms with Gasteiger partial charge in [-0.2, -0.15) is 0 Å². The van der Waals surface area contributed by atoms with Gasteiger partial charge < -0.3 is 15.7 Å². The van der Waals surface area contributed by atoms with Gasteiger partial charge in [-0.25, -0.2) is 13.6 Å². The van der Waals surface area contributed by atoms with Crippen LogP contribution in [0.15, 0.2) is 23.1 Å². The smallest absolute Gasteiger partial charge is 0.240 e. The van der Waals surface area contributed by atoms with Gasteiger partial charge in [0.2, 0.25) is 10.0 Å². The molecule has 0 saturated heterocycles. The number of hydrogen-bond acceptors (Lipinski definition) is 5. The van der Waals surface area contributed by atoms with Gasteiger partial charge in [0.15, 0.2) is 0 Å². The van der Waals surface area contributed by atoms with Crippen molar-refractivity contribution in [3.8, 4) is 0 Å². The first kappa shape index (κ1) is 15.1. The van der Waals surface area contributed by atoms with Gasteiger partial charge in [0.25, 0.3) is 0 Å². The van der Waals surface area contributed by atoms with Crippen LogP contribution >= 0.6 is 0 Å². The lowest BCUT2D eigenvalue weighted by Crippen LogP contribution is -2.35. The number of aliphatic hydroxyl groups is 1. The summed E-state index contributed by atoms with van der Waals surface area (Å²) < 4.78 is 22.7. The number of nitrogens with zero attached hydrogens (tertiary/aromatic N) is 1. The standard InChI is InChI=1S/C13H21N3O3S/c14-12-9-11(5-6-13(12)20(15,18)19)16(7-8-17)10-3-1-2-4-10/h5-6,9-10,17H,1-4,7-8,14H2,(H2,15,18,19). The Labute approximate surface area is 119 Å². The molecule has 1 saturated carbocycles. The number of benzene rings is 1. The summed E-state index contributed by atoms with van der Waals surface area (Å²) >= 11 is 0. The van der Waals surface area contributed by atoms with Crippen molar-refractivity contribution in [2.24, 2.45) is 5.14 Å². The van der Waals surface area contributed by atoms with Crippen LogP contribution in [0.5, 0.6) is 0 Å². The van der Waals surface area contributed by atoms with Crippen LogP contribution in [-0.2, 0) is 10.0 Å². The molecular weight excluding hydrogens is 278 g/mol. The number of hydrogen-bond donors (Lipinski definition) is 3. The summed E-state index contributed by atoms with van der Waals surface area (Å²) in [6.07, 6.45) is 4.52. The highest BCUT2D eigenvalue weighted by atomic mass is 32.2. The highest BCUT2D eigenvalue weighted by molar-refractivity contribution is 7.89. The lowest BCUT2D eigenvalue weighted by atomic mass is 10.1. The third-order valence-electron chi connectivity index (χ3n) is 3.74. The molecule has 20 heavy (non-hydrogen) atoms. The fraction of sp³-hybridized carbons (Fsp3) is 0.538. The summed E-state index contributed by atoms with van der Waals surface area (Å²) in [5, 5.41) is 14.3. The molecule has 0 radical (unpaired) electrons. The van der Waals surface area contributed by atoms with Crippen LogP contribution in [0.3, 0.4) is 0 Å². The van der Waals surface area contributed by atoms with Crippen LogP contribution in [0.2, 0.25) is 0 Å². The largest absolute Gasteiger partial charge is 0.398 e. The molecular formula is C13H21N3O3S. The zero-order chi connectivity index (χ0) is 14.8. The van der Waals surface area contributed by atoms with Gasteiger partial charge in [0, 0.05) is 18.3 Å². The normalized spacial score (nSPS) is 16.5. The van der Waals surface area contributed by atoms with Crippen LogP contribution in [0.25, 0.3) is 0 Å². The van der Waals surface area contributed by atoms with Crippen LogP contribution in [0, 0.1) is 0 Å². The van der Waals surface area contributed by atoms with Crippen molar-refractivity contribution in [2.45, 2.75) is 36.6 Å². The van der Waals surface area contributed by atoms with Crippen molar-refractivity contribution >= 4 is 21.4 Å². The van der Waals surface area contributed by atoms with Crippen molar-refractivity contribution in [1.29, 1.82) is 0 Å². The summed E-state index contributed by atoms with van der Waals surface area (Å²) in [6.45, 7) is 0.562. The maximum atomic E-state index is 11.4. The highest BCUT2D eigenvalue weighted by Crippen LogP contribution is 2.30.